The molecule has 0 aliphatic rings. The third kappa shape index (κ3) is 1.89. The minimum absolute atomic E-state index is 0.502. The predicted octanol–water partition coefficient (Wildman–Crippen LogP) is 1.11. The predicted molar refractivity (Wildman–Crippen MR) is 54.1 cm³/mol. The zero-order valence-electron chi connectivity index (χ0n) is 7.19. The smallest absolute Gasteiger partial charge is 0.116 e. The van der Waals surface area contributed by atoms with E-state index in [0.717, 1.165) is 10.8 Å². The molecule has 0 aliphatic heterocycles. The van der Waals surface area contributed by atoms with Crippen molar-refractivity contribution < 1.29 is 0 Å². The number of hydrogen-bond acceptors (Lipinski definition) is 1. The molecule has 0 amide bonds. The number of alkyl halides is 1. The molecule has 1 aromatic rings. The highest BCUT2D eigenvalue weighted by Crippen LogP contribution is 2.22. The summed E-state index contributed by atoms with van der Waals surface area (Å²) >= 11 is 6.21. The van der Waals surface area contributed by atoms with E-state index in [9.17, 15) is 0 Å². The summed E-state index contributed by atoms with van der Waals surface area (Å²) in [5.74, 6) is 0. The van der Waals surface area contributed by atoms with E-state index in [4.69, 9.17) is 11.6 Å². The molecule has 0 aliphatic carbocycles. The first-order valence-corrected chi connectivity index (χ1v) is 4.64. The van der Waals surface area contributed by atoms with Crippen LogP contribution in [0.5, 0.6) is 0 Å². The Morgan fingerprint density at radius 3 is 2.50 bits per heavy atom. The lowest BCUT2D eigenvalue weighted by atomic mass is 10.1. The molecule has 3 heteroatoms. The molecule has 0 aromatic heterocycles. The van der Waals surface area contributed by atoms with Gasteiger partial charge in [-0.25, -0.2) is 0 Å². The summed E-state index contributed by atoms with van der Waals surface area (Å²) in [4.78, 5) is -0.502. The van der Waals surface area contributed by atoms with E-state index in [-0.39, 0.29) is 0 Å². The first kappa shape index (κ1) is 9.77. The number of rotatable bonds is 2. The Kier molecular flexibility index (Phi) is 2.93. The molecule has 1 aromatic carbocycles. The van der Waals surface area contributed by atoms with Gasteiger partial charge in [0.05, 0.1) is 10.2 Å². The van der Waals surface area contributed by atoms with Crippen LogP contribution in [-0.4, -0.2) is 17.3 Å². The van der Waals surface area contributed by atoms with Gasteiger partial charge in [-0.05, 0) is 19.5 Å². The van der Waals surface area contributed by atoms with Crippen molar-refractivity contribution in [3.8, 4) is 0 Å². The highest BCUT2D eigenvalue weighted by molar-refractivity contribution is 6.35. The molecular formula is C9H11ClNSi. The van der Waals surface area contributed by atoms with Crippen molar-refractivity contribution in [3.63, 3.8) is 0 Å². The lowest BCUT2D eigenvalue weighted by Gasteiger charge is -2.23. The molecule has 12 heavy (non-hydrogen) atoms. The van der Waals surface area contributed by atoms with Crippen molar-refractivity contribution in [2.45, 2.75) is 11.9 Å². The highest BCUT2D eigenvalue weighted by Gasteiger charge is 2.21. The third-order valence-electron chi connectivity index (χ3n) is 1.90. The fourth-order valence-electron chi connectivity index (χ4n) is 1.03. The Hall–Kier alpha value is -0.313. The molecule has 1 rings (SSSR count). The van der Waals surface area contributed by atoms with E-state index in [2.05, 4.69) is 15.6 Å². The Labute approximate surface area is 81.6 Å². The van der Waals surface area contributed by atoms with Gasteiger partial charge >= 0.3 is 0 Å². The van der Waals surface area contributed by atoms with E-state index in [1.807, 2.05) is 38.2 Å². The first-order valence-electron chi connectivity index (χ1n) is 3.77. The molecule has 1 nitrogen and oxygen atoms in total. The van der Waals surface area contributed by atoms with Crippen LogP contribution < -0.4 is 10.5 Å². The van der Waals surface area contributed by atoms with Crippen LogP contribution in [0.1, 0.15) is 12.5 Å². The van der Waals surface area contributed by atoms with Gasteiger partial charge in [-0.1, -0.05) is 41.1 Å². The first-order chi connectivity index (χ1) is 5.58. The van der Waals surface area contributed by atoms with Crippen molar-refractivity contribution in [2.75, 3.05) is 7.05 Å². The quantitative estimate of drug-likeness (QED) is 0.425. The normalized spacial score (nSPS) is 15.7. The molecule has 1 unspecified atom stereocenters. The van der Waals surface area contributed by atoms with Crippen LogP contribution in [0.3, 0.4) is 0 Å². The van der Waals surface area contributed by atoms with Gasteiger partial charge in [0, 0.05) is 0 Å². The molecule has 0 spiro atoms. The molecule has 0 heterocycles. The van der Waals surface area contributed by atoms with Gasteiger partial charge in [-0.3, -0.25) is 5.32 Å². The lowest BCUT2D eigenvalue weighted by Crippen LogP contribution is -2.35. The summed E-state index contributed by atoms with van der Waals surface area (Å²) in [5, 5.41) is 4.05. The van der Waals surface area contributed by atoms with Crippen molar-refractivity contribution in [1.29, 1.82) is 0 Å². The summed E-state index contributed by atoms with van der Waals surface area (Å²) in [6.45, 7) is 1.92. The standard InChI is InChI=1S/C9H11ClNSi/c1-9(10,11-2)7-5-3-4-6-8(7)12/h3-6,11H,1-2H3. The van der Waals surface area contributed by atoms with Crippen LogP contribution in [-0.2, 0) is 5.00 Å². The Morgan fingerprint density at radius 1 is 1.42 bits per heavy atom. The maximum Gasteiger partial charge on any atom is 0.116 e. The largest absolute Gasteiger partial charge is 0.298 e. The van der Waals surface area contributed by atoms with Crippen molar-refractivity contribution in [2.24, 2.45) is 0 Å². The molecule has 0 saturated carbocycles. The molecule has 0 bridgehead atoms. The maximum absolute atomic E-state index is 6.21. The van der Waals surface area contributed by atoms with Crippen LogP contribution in [0, 0.1) is 0 Å². The SMILES string of the molecule is CNC(C)(Cl)c1ccccc1[Si]. The minimum atomic E-state index is -0.502. The van der Waals surface area contributed by atoms with Gasteiger partial charge in [0.15, 0.2) is 0 Å². The van der Waals surface area contributed by atoms with Gasteiger partial charge in [0.1, 0.15) is 5.00 Å². The second-order valence-corrected chi connectivity index (χ2v) is 4.09. The topological polar surface area (TPSA) is 12.0 Å². The fourth-order valence-corrected chi connectivity index (χ4v) is 1.70. The number of hydrogen-bond donors (Lipinski definition) is 1. The van der Waals surface area contributed by atoms with Crippen molar-refractivity contribution >= 4 is 27.0 Å². The monoisotopic (exact) mass is 196 g/mol. The van der Waals surface area contributed by atoms with Gasteiger partial charge < -0.3 is 0 Å². The van der Waals surface area contributed by atoms with Crippen LogP contribution >= 0.6 is 11.6 Å². The maximum atomic E-state index is 6.21. The Bertz CT molecular complexity index is 273. The van der Waals surface area contributed by atoms with E-state index in [0.29, 0.717) is 0 Å². The summed E-state index contributed by atoms with van der Waals surface area (Å²) in [6, 6.07) is 7.90. The van der Waals surface area contributed by atoms with Crippen molar-refractivity contribution in [1.82, 2.24) is 5.32 Å². The van der Waals surface area contributed by atoms with E-state index in [1.54, 1.807) is 0 Å². The van der Waals surface area contributed by atoms with Crippen LogP contribution in [0.2, 0.25) is 0 Å². The van der Waals surface area contributed by atoms with E-state index >= 15 is 0 Å². The molecule has 3 radical (unpaired) electrons. The lowest BCUT2D eigenvalue weighted by molar-refractivity contribution is 0.578. The summed E-state index contributed by atoms with van der Waals surface area (Å²) in [5.41, 5.74) is 1.05. The third-order valence-corrected chi connectivity index (χ3v) is 2.73. The minimum Gasteiger partial charge on any atom is -0.298 e. The average Bonchev–Trinajstić information content (AvgIpc) is 2.05. The molecule has 0 fully saturated rings. The molecule has 63 valence electrons. The summed E-state index contributed by atoms with van der Waals surface area (Å²) < 4.78 is 0. The van der Waals surface area contributed by atoms with Crippen LogP contribution in [0.4, 0.5) is 0 Å². The van der Waals surface area contributed by atoms with Crippen molar-refractivity contribution in [3.05, 3.63) is 29.8 Å². The van der Waals surface area contributed by atoms with Crippen LogP contribution in [0.15, 0.2) is 24.3 Å². The van der Waals surface area contributed by atoms with E-state index in [1.165, 1.54) is 0 Å². The van der Waals surface area contributed by atoms with Crippen LogP contribution in [0.25, 0.3) is 0 Å². The fraction of sp³-hybridized carbons (Fsp3) is 0.333. The second kappa shape index (κ2) is 3.60. The number of halogens is 1. The molecule has 1 atom stereocenters. The van der Waals surface area contributed by atoms with Gasteiger partial charge in [0.2, 0.25) is 0 Å². The van der Waals surface area contributed by atoms with Gasteiger partial charge in [-0.2, -0.15) is 0 Å². The van der Waals surface area contributed by atoms with Gasteiger partial charge in [-0.15, -0.1) is 0 Å². The molecule has 0 saturated heterocycles. The zero-order chi connectivity index (χ0) is 9.19. The van der Waals surface area contributed by atoms with E-state index < -0.39 is 5.00 Å². The summed E-state index contributed by atoms with van der Waals surface area (Å²) in [6.07, 6.45) is 0. The summed E-state index contributed by atoms with van der Waals surface area (Å²) in [7, 11) is 5.34. The zero-order valence-corrected chi connectivity index (χ0v) is 8.94. The Balaban J connectivity index is 3.10. The highest BCUT2D eigenvalue weighted by atomic mass is 35.5. The number of nitrogens with one attached hydrogen (secondary N) is 1. The molecular weight excluding hydrogens is 186 g/mol. The molecule has 1 N–H and O–H groups in total. The average molecular weight is 197 g/mol. The number of benzene rings is 1. The second-order valence-electron chi connectivity index (χ2n) is 2.80. The Morgan fingerprint density at radius 2 is 2.00 bits per heavy atom. The van der Waals surface area contributed by atoms with Gasteiger partial charge in [0.25, 0.3) is 0 Å².